The predicted octanol–water partition coefficient (Wildman–Crippen LogP) is 5.16. The van der Waals surface area contributed by atoms with Crippen LogP contribution in [0, 0.1) is 5.41 Å². The Labute approximate surface area is 235 Å². The van der Waals surface area contributed by atoms with Gasteiger partial charge >= 0.3 is 0 Å². The average Bonchev–Trinajstić information content (AvgIpc) is 3.73. The fourth-order valence-electron chi connectivity index (χ4n) is 5.12. The van der Waals surface area contributed by atoms with Crippen molar-refractivity contribution in [1.82, 2.24) is 20.0 Å². The van der Waals surface area contributed by atoms with Gasteiger partial charge in [-0.15, -0.1) is 0 Å². The number of rotatable bonds is 10. The van der Waals surface area contributed by atoms with E-state index >= 15 is 0 Å². The number of carbonyl (C=O) groups excluding carboxylic acids is 1. The minimum Gasteiger partial charge on any atom is -0.457 e. The van der Waals surface area contributed by atoms with Crippen LogP contribution >= 0.6 is 0 Å². The van der Waals surface area contributed by atoms with Crippen molar-refractivity contribution in [3.8, 4) is 22.8 Å². The first-order valence-electron chi connectivity index (χ1n) is 13.8. The van der Waals surface area contributed by atoms with E-state index < -0.39 is 0 Å². The summed E-state index contributed by atoms with van der Waals surface area (Å²) in [4.78, 5) is 19.4. The molecule has 5 rings (SSSR count). The molecule has 9 nitrogen and oxygen atoms in total. The van der Waals surface area contributed by atoms with Crippen LogP contribution in [0.25, 0.3) is 11.3 Å². The lowest BCUT2D eigenvalue weighted by Crippen LogP contribution is -2.30. The van der Waals surface area contributed by atoms with E-state index in [1.54, 1.807) is 19.2 Å². The highest BCUT2D eigenvalue weighted by molar-refractivity contribution is 6.06. The van der Waals surface area contributed by atoms with E-state index in [0.29, 0.717) is 48.5 Å². The Morgan fingerprint density at radius 1 is 1.18 bits per heavy atom. The highest BCUT2D eigenvalue weighted by Gasteiger charge is 2.31. The number of benzene rings is 2. The highest BCUT2D eigenvalue weighted by atomic mass is 16.5. The van der Waals surface area contributed by atoms with Gasteiger partial charge < -0.3 is 25.1 Å². The van der Waals surface area contributed by atoms with Crippen LogP contribution < -0.4 is 10.1 Å². The maximum Gasteiger partial charge on any atom is 0.246 e. The van der Waals surface area contributed by atoms with Gasteiger partial charge in [0.2, 0.25) is 5.91 Å². The van der Waals surface area contributed by atoms with E-state index in [4.69, 9.17) is 20.0 Å². The quantitative estimate of drug-likeness (QED) is 0.273. The molecule has 0 radical (unpaired) electrons. The molecule has 2 unspecified atom stereocenters. The predicted molar refractivity (Wildman–Crippen MR) is 157 cm³/mol. The molecule has 0 spiro atoms. The van der Waals surface area contributed by atoms with Crippen molar-refractivity contribution >= 4 is 23.7 Å². The van der Waals surface area contributed by atoms with Gasteiger partial charge in [0.1, 0.15) is 17.2 Å². The summed E-state index contributed by atoms with van der Waals surface area (Å²) in [6.07, 6.45) is 7.03. The molecule has 1 aromatic heterocycles. The molecule has 0 aliphatic carbocycles. The van der Waals surface area contributed by atoms with Crippen LogP contribution in [-0.2, 0) is 9.53 Å². The first-order chi connectivity index (χ1) is 19.5. The second-order valence-electron chi connectivity index (χ2n) is 10.0. The molecule has 2 fully saturated rings. The first-order valence-corrected chi connectivity index (χ1v) is 13.8. The highest BCUT2D eigenvalue weighted by Crippen LogP contribution is 2.36. The summed E-state index contributed by atoms with van der Waals surface area (Å²) in [5.41, 5.74) is 2.66. The lowest BCUT2D eigenvalue weighted by atomic mass is 10.0. The number of nitrogens with zero attached hydrogens (tertiary/aromatic N) is 4. The molecule has 2 N–H and O–H groups in total. The molecule has 1 amide bonds. The zero-order valence-corrected chi connectivity index (χ0v) is 23.0. The van der Waals surface area contributed by atoms with E-state index in [2.05, 4.69) is 10.3 Å². The summed E-state index contributed by atoms with van der Waals surface area (Å²) in [6.45, 7) is 6.97. The Hall–Kier alpha value is -4.08. The smallest absolute Gasteiger partial charge is 0.246 e. The molecule has 9 heteroatoms. The van der Waals surface area contributed by atoms with Gasteiger partial charge in [-0.25, -0.2) is 9.67 Å². The van der Waals surface area contributed by atoms with Crippen molar-refractivity contribution in [2.45, 2.75) is 38.8 Å². The van der Waals surface area contributed by atoms with Gasteiger partial charge in [0, 0.05) is 55.8 Å². The van der Waals surface area contributed by atoms with E-state index in [9.17, 15) is 4.79 Å². The Bertz CT molecular complexity index is 1370. The Morgan fingerprint density at radius 2 is 1.95 bits per heavy atom. The number of ether oxygens (including phenoxy) is 2. The molecular weight excluding hydrogens is 504 g/mol. The molecule has 40 heavy (non-hydrogen) atoms. The van der Waals surface area contributed by atoms with E-state index in [-0.39, 0.29) is 11.9 Å². The maximum atomic E-state index is 12.9. The fraction of sp³-hybridized carbons (Fsp3) is 0.355. The average molecular weight is 541 g/mol. The van der Waals surface area contributed by atoms with E-state index in [1.807, 2.05) is 77.2 Å². The Balaban J connectivity index is 1.32. The molecule has 0 saturated carbocycles. The van der Waals surface area contributed by atoms with Gasteiger partial charge in [0.15, 0.2) is 5.82 Å². The molecule has 3 heterocycles. The number of carbonyl (C=O) groups is 1. The van der Waals surface area contributed by atoms with Crippen LogP contribution in [0.2, 0.25) is 0 Å². The topological polar surface area (TPSA) is 105 Å². The van der Waals surface area contributed by atoms with E-state index in [0.717, 1.165) is 43.1 Å². The lowest BCUT2D eigenvalue weighted by molar-refractivity contribution is -0.125. The monoisotopic (exact) mass is 540 g/mol. The standard InChI is InChI=1S/C31H36N6O3/c1-3-33-31-29(22(2)32)30(23-11-13-27(14-12-23)40-26-8-5-4-6-9-26)35-37(31)25-15-18-36(20-25)28(38)10-7-17-34-24-16-19-39-21-24/h3-14,24-25,32,34H,15-21H2,1-2H3. The number of hydrogen-bond donors (Lipinski definition) is 2. The Kier molecular flexibility index (Phi) is 8.83. The molecule has 2 aliphatic heterocycles. The van der Waals surface area contributed by atoms with E-state index in [1.165, 1.54) is 0 Å². The van der Waals surface area contributed by atoms with Gasteiger partial charge in [0.05, 0.1) is 18.2 Å². The van der Waals surface area contributed by atoms with Gasteiger partial charge in [-0.05, 0) is 63.1 Å². The van der Waals surface area contributed by atoms with Crippen LogP contribution in [0.4, 0.5) is 5.82 Å². The molecule has 2 aliphatic rings. The number of para-hydroxylation sites is 1. The summed E-state index contributed by atoms with van der Waals surface area (Å²) >= 11 is 0. The molecule has 3 aromatic rings. The maximum absolute atomic E-state index is 12.9. The van der Waals surface area contributed by atoms with Crippen molar-refractivity contribution in [1.29, 1.82) is 5.41 Å². The summed E-state index contributed by atoms with van der Waals surface area (Å²) in [5.74, 6) is 2.13. The van der Waals surface area contributed by atoms with Crippen LogP contribution in [0.15, 0.2) is 71.7 Å². The van der Waals surface area contributed by atoms with Crippen molar-refractivity contribution in [2.24, 2.45) is 4.99 Å². The third kappa shape index (κ3) is 6.38. The van der Waals surface area contributed by atoms with Crippen molar-refractivity contribution in [3.63, 3.8) is 0 Å². The van der Waals surface area contributed by atoms with Crippen LogP contribution in [0.3, 0.4) is 0 Å². The van der Waals surface area contributed by atoms with Crippen molar-refractivity contribution in [2.75, 3.05) is 32.8 Å². The molecule has 208 valence electrons. The third-order valence-corrected chi connectivity index (χ3v) is 7.15. The second kappa shape index (κ2) is 12.8. The lowest BCUT2D eigenvalue weighted by Gasteiger charge is -2.16. The SMILES string of the molecule is CC=Nc1c(C(C)=N)c(-c2ccc(Oc3ccccc3)cc2)nn1C1CCN(C(=O)C=CCNC2CCOC2)C1. The molecular formula is C31H36N6O3. The van der Waals surface area contributed by atoms with Gasteiger partial charge in [-0.1, -0.05) is 24.3 Å². The number of likely N-dealkylation sites (tertiary alicyclic amines) is 1. The minimum atomic E-state index is -0.0302. The summed E-state index contributed by atoms with van der Waals surface area (Å²) in [7, 11) is 0. The second-order valence-corrected chi connectivity index (χ2v) is 10.0. The van der Waals surface area contributed by atoms with Crippen LogP contribution in [0.1, 0.15) is 38.3 Å². The van der Waals surface area contributed by atoms with Gasteiger partial charge in [-0.3, -0.25) is 4.79 Å². The normalized spacial score (nSPS) is 19.2. The molecule has 2 saturated heterocycles. The number of nitrogens with one attached hydrogen (secondary N) is 2. The fourth-order valence-corrected chi connectivity index (χ4v) is 5.12. The van der Waals surface area contributed by atoms with Gasteiger partial charge in [0.25, 0.3) is 0 Å². The zero-order chi connectivity index (χ0) is 27.9. The van der Waals surface area contributed by atoms with Crippen molar-refractivity contribution in [3.05, 3.63) is 72.3 Å². The van der Waals surface area contributed by atoms with Crippen molar-refractivity contribution < 1.29 is 14.3 Å². The minimum absolute atomic E-state index is 0.00245. The van der Waals surface area contributed by atoms with Crippen LogP contribution in [0.5, 0.6) is 11.5 Å². The third-order valence-electron chi connectivity index (χ3n) is 7.15. The first kappa shape index (κ1) is 27.5. The molecule has 2 aromatic carbocycles. The number of hydrogen-bond acceptors (Lipinski definition) is 7. The number of amides is 1. The summed E-state index contributed by atoms with van der Waals surface area (Å²) in [6, 6.07) is 17.7. The van der Waals surface area contributed by atoms with Crippen LogP contribution in [-0.4, -0.2) is 71.4 Å². The summed E-state index contributed by atoms with van der Waals surface area (Å²) in [5, 5.41) is 16.9. The molecule has 0 bridgehead atoms. The number of aliphatic imine (C=N–C) groups is 1. The largest absolute Gasteiger partial charge is 0.457 e. The summed E-state index contributed by atoms with van der Waals surface area (Å²) < 4.78 is 13.2. The number of aromatic nitrogens is 2. The van der Waals surface area contributed by atoms with Gasteiger partial charge in [-0.2, -0.15) is 5.10 Å². The zero-order valence-electron chi connectivity index (χ0n) is 23.0. The Morgan fingerprint density at radius 3 is 2.65 bits per heavy atom. The molecule has 2 atom stereocenters.